The van der Waals surface area contributed by atoms with Crippen LogP contribution in [0.3, 0.4) is 0 Å². The van der Waals surface area contributed by atoms with Gasteiger partial charge in [-0.15, -0.1) is 0 Å². The number of halogens is 2. The van der Waals surface area contributed by atoms with Crippen molar-refractivity contribution in [3.05, 3.63) is 27.1 Å². The molecule has 0 fully saturated rings. The number of hydrogen-bond donors (Lipinski definition) is 1. The molecule has 0 aliphatic heterocycles. The second kappa shape index (κ2) is 6.10. The molecule has 0 spiro atoms. The van der Waals surface area contributed by atoms with Gasteiger partial charge in [0.1, 0.15) is 18.5 Å². The molecule has 2 N–H and O–H groups in total. The lowest BCUT2D eigenvalue weighted by atomic mass is 10.3. The minimum Gasteiger partial charge on any atom is -0.487 e. The Morgan fingerprint density at radius 3 is 2.50 bits per heavy atom. The molecular weight excluding hydrogens is 342 g/mol. The maximum Gasteiger partial charge on any atom is 0.404 e. The van der Waals surface area contributed by atoms with E-state index in [0.717, 1.165) is 8.95 Å². The molecule has 0 bridgehead atoms. The highest BCUT2D eigenvalue weighted by Gasteiger charge is 2.10. The van der Waals surface area contributed by atoms with Crippen LogP contribution >= 0.6 is 31.9 Å². The summed E-state index contributed by atoms with van der Waals surface area (Å²) in [5.41, 5.74) is 4.89. The van der Waals surface area contributed by atoms with Crippen LogP contribution in [0, 0.1) is 0 Å². The minimum atomic E-state index is -0.803. The van der Waals surface area contributed by atoms with Gasteiger partial charge in [0.15, 0.2) is 0 Å². The zero-order valence-electron chi connectivity index (χ0n) is 8.57. The first kappa shape index (κ1) is 13.3. The smallest absolute Gasteiger partial charge is 0.404 e. The van der Waals surface area contributed by atoms with Crippen LogP contribution in [0.1, 0.15) is 6.92 Å². The number of para-hydroxylation sites is 1. The molecule has 88 valence electrons. The van der Waals surface area contributed by atoms with E-state index in [1.807, 2.05) is 18.2 Å². The molecule has 1 unspecified atom stereocenters. The van der Waals surface area contributed by atoms with E-state index in [9.17, 15) is 4.79 Å². The van der Waals surface area contributed by atoms with Gasteiger partial charge in [0, 0.05) is 0 Å². The zero-order valence-corrected chi connectivity index (χ0v) is 11.7. The number of carbonyl (C=O) groups excluding carboxylic acids is 1. The Morgan fingerprint density at radius 2 is 2.00 bits per heavy atom. The van der Waals surface area contributed by atoms with Crippen LogP contribution in [-0.4, -0.2) is 18.8 Å². The molecule has 1 rings (SSSR count). The van der Waals surface area contributed by atoms with Crippen LogP contribution in [0.15, 0.2) is 27.1 Å². The largest absolute Gasteiger partial charge is 0.487 e. The SMILES string of the molecule is CC(COc1c(Br)cccc1Br)OC(N)=O. The summed E-state index contributed by atoms with van der Waals surface area (Å²) in [5, 5.41) is 0. The average molecular weight is 353 g/mol. The number of amides is 1. The van der Waals surface area contributed by atoms with Crippen molar-refractivity contribution in [3.8, 4) is 5.75 Å². The highest BCUT2D eigenvalue weighted by atomic mass is 79.9. The Bertz CT molecular complexity index is 364. The van der Waals surface area contributed by atoms with E-state index >= 15 is 0 Å². The summed E-state index contributed by atoms with van der Waals surface area (Å²) < 4.78 is 11.9. The lowest BCUT2D eigenvalue weighted by molar-refractivity contribution is 0.0818. The number of primary amides is 1. The number of rotatable bonds is 4. The van der Waals surface area contributed by atoms with Crippen LogP contribution in [0.5, 0.6) is 5.75 Å². The maximum absolute atomic E-state index is 10.5. The summed E-state index contributed by atoms with van der Waals surface area (Å²) in [6, 6.07) is 5.60. The third-order valence-electron chi connectivity index (χ3n) is 1.70. The Kier molecular flexibility index (Phi) is 5.08. The lowest BCUT2D eigenvalue weighted by Gasteiger charge is -2.14. The van der Waals surface area contributed by atoms with Crippen LogP contribution in [0.2, 0.25) is 0 Å². The first-order valence-electron chi connectivity index (χ1n) is 4.53. The summed E-state index contributed by atoms with van der Waals surface area (Å²) in [6.45, 7) is 1.94. The monoisotopic (exact) mass is 351 g/mol. The van der Waals surface area contributed by atoms with Gasteiger partial charge in [0.05, 0.1) is 8.95 Å². The normalized spacial score (nSPS) is 11.9. The van der Waals surface area contributed by atoms with Crippen LogP contribution in [0.4, 0.5) is 4.79 Å². The minimum absolute atomic E-state index is 0.240. The predicted octanol–water partition coefficient (Wildman–Crippen LogP) is 3.07. The Morgan fingerprint density at radius 1 is 1.44 bits per heavy atom. The second-order valence-electron chi connectivity index (χ2n) is 3.11. The van der Waals surface area contributed by atoms with Crippen molar-refractivity contribution in [2.75, 3.05) is 6.61 Å². The topological polar surface area (TPSA) is 61.6 Å². The van der Waals surface area contributed by atoms with Crippen molar-refractivity contribution in [3.63, 3.8) is 0 Å². The number of benzene rings is 1. The van der Waals surface area contributed by atoms with E-state index in [1.165, 1.54) is 0 Å². The molecule has 4 nitrogen and oxygen atoms in total. The fraction of sp³-hybridized carbons (Fsp3) is 0.300. The van der Waals surface area contributed by atoms with Gasteiger partial charge in [-0.3, -0.25) is 0 Å². The van der Waals surface area contributed by atoms with Crippen molar-refractivity contribution < 1.29 is 14.3 Å². The van der Waals surface area contributed by atoms with E-state index in [2.05, 4.69) is 31.9 Å². The Labute approximate surface area is 110 Å². The molecule has 0 heterocycles. The van der Waals surface area contributed by atoms with Gasteiger partial charge in [0.25, 0.3) is 0 Å². The third-order valence-corrected chi connectivity index (χ3v) is 2.95. The van der Waals surface area contributed by atoms with Crippen molar-refractivity contribution >= 4 is 38.0 Å². The molecule has 1 atom stereocenters. The van der Waals surface area contributed by atoms with Gasteiger partial charge >= 0.3 is 6.09 Å². The zero-order chi connectivity index (χ0) is 12.1. The van der Waals surface area contributed by atoms with Crippen molar-refractivity contribution in [1.29, 1.82) is 0 Å². The van der Waals surface area contributed by atoms with Gasteiger partial charge in [-0.1, -0.05) is 6.07 Å². The van der Waals surface area contributed by atoms with Crippen LogP contribution in [0.25, 0.3) is 0 Å². The number of hydrogen-bond acceptors (Lipinski definition) is 3. The van der Waals surface area contributed by atoms with Gasteiger partial charge in [-0.25, -0.2) is 4.79 Å². The quantitative estimate of drug-likeness (QED) is 0.905. The fourth-order valence-corrected chi connectivity index (χ4v) is 2.28. The van der Waals surface area contributed by atoms with Crippen molar-refractivity contribution in [1.82, 2.24) is 0 Å². The number of ether oxygens (including phenoxy) is 2. The molecule has 16 heavy (non-hydrogen) atoms. The molecule has 0 saturated carbocycles. The molecule has 1 aromatic rings. The molecule has 6 heteroatoms. The van der Waals surface area contributed by atoms with Crippen LogP contribution in [-0.2, 0) is 4.74 Å². The summed E-state index contributed by atoms with van der Waals surface area (Å²) in [4.78, 5) is 10.5. The fourth-order valence-electron chi connectivity index (χ4n) is 1.05. The molecule has 0 aliphatic carbocycles. The first-order valence-corrected chi connectivity index (χ1v) is 6.12. The van der Waals surface area contributed by atoms with Gasteiger partial charge in [0.2, 0.25) is 0 Å². The van der Waals surface area contributed by atoms with Crippen LogP contribution < -0.4 is 10.5 Å². The molecule has 1 aromatic carbocycles. The lowest BCUT2D eigenvalue weighted by Crippen LogP contribution is -2.25. The summed E-state index contributed by atoms with van der Waals surface area (Å²) in [5.74, 6) is 0.669. The Hall–Kier alpha value is -0.750. The molecule has 1 amide bonds. The molecule has 0 radical (unpaired) electrons. The Balaban J connectivity index is 2.57. The molecule has 0 saturated heterocycles. The van der Waals surface area contributed by atoms with E-state index in [4.69, 9.17) is 15.2 Å². The van der Waals surface area contributed by atoms with Gasteiger partial charge in [-0.2, -0.15) is 0 Å². The summed E-state index contributed by atoms with van der Waals surface area (Å²) in [7, 11) is 0. The van der Waals surface area contributed by atoms with Gasteiger partial charge < -0.3 is 15.2 Å². The van der Waals surface area contributed by atoms with E-state index in [0.29, 0.717) is 5.75 Å². The second-order valence-corrected chi connectivity index (χ2v) is 4.82. The maximum atomic E-state index is 10.5. The summed E-state index contributed by atoms with van der Waals surface area (Å²) >= 11 is 6.72. The van der Waals surface area contributed by atoms with E-state index < -0.39 is 12.2 Å². The van der Waals surface area contributed by atoms with E-state index in [1.54, 1.807) is 6.92 Å². The average Bonchev–Trinajstić information content (AvgIpc) is 2.15. The van der Waals surface area contributed by atoms with Crippen molar-refractivity contribution in [2.24, 2.45) is 5.73 Å². The van der Waals surface area contributed by atoms with Crippen molar-refractivity contribution in [2.45, 2.75) is 13.0 Å². The predicted molar refractivity (Wildman–Crippen MR) is 67.5 cm³/mol. The standard InChI is InChI=1S/C10H11Br2NO3/c1-6(16-10(13)14)5-15-9-7(11)3-2-4-8(9)12/h2-4,6H,5H2,1H3,(H2,13,14). The molecule has 0 aromatic heterocycles. The first-order chi connectivity index (χ1) is 7.50. The van der Waals surface area contributed by atoms with E-state index in [-0.39, 0.29) is 6.61 Å². The number of nitrogens with two attached hydrogens (primary N) is 1. The highest BCUT2D eigenvalue weighted by Crippen LogP contribution is 2.32. The summed E-state index contributed by atoms with van der Waals surface area (Å²) in [6.07, 6.45) is -1.20. The highest BCUT2D eigenvalue weighted by molar-refractivity contribution is 9.11. The molecular formula is C10H11Br2NO3. The molecule has 0 aliphatic rings. The third kappa shape index (κ3) is 4.02. The number of carbonyl (C=O) groups is 1. The van der Waals surface area contributed by atoms with Gasteiger partial charge in [-0.05, 0) is 50.9 Å².